The largest absolute Gasteiger partial charge is 0.481 e. The summed E-state index contributed by atoms with van der Waals surface area (Å²) in [6.45, 7) is 4.05. The van der Waals surface area contributed by atoms with Crippen LogP contribution in [0, 0.1) is 6.92 Å². The molecule has 0 aromatic heterocycles. The highest BCUT2D eigenvalue weighted by atomic mass is 16.5. The van der Waals surface area contributed by atoms with E-state index in [0.29, 0.717) is 23.5 Å². The lowest BCUT2D eigenvalue weighted by Crippen LogP contribution is -2.31. The van der Waals surface area contributed by atoms with Gasteiger partial charge in [-0.15, -0.1) is 0 Å². The van der Waals surface area contributed by atoms with Gasteiger partial charge in [0.1, 0.15) is 5.75 Å². The third-order valence-electron chi connectivity index (χ3n) is 4.40. The van der Waals surface area contributed by atoms with Crippen molar-refractivity contribution in [2.75, 3.05) is 5.32 Å². The van der Waals surface area contributed by atoms with E-state index in [4.69, 9.17) is 4.74 Å². The second-order valence-corrected chi connectivity index (χ2v) is 6.78. The van der Waals surface area contributed by atoms with Crippen LogP contribution >= 0.6 is 0 Å². The van der Waals surface area contributed by atoms with Crippen LogP contribution in [0.2, 0.25) is 0 Å². The van der Waals surface area contributed by atoms with Gasteiger partial charge in [0.05, 0.1) is 11.3 Å². The molecular weight excluding hydrogens is 364 g/mol. The highest BCUT2D eigenvalue weighted by molar-refractivity contribution is 6.04. The lowest BCUT2D eigenvalue weighted by atomic mass is 10.1. The van der Waals surface area contributed by atoms with Crippen molar-refractivity contribution in [3.05, 3.63) is 95.6 Å². The van der Waals surface area contributed by atoms with E-state index >= 15 is 0 Å². The van der Waals surface area contributed by atoms with Crippen LogP contribution in [-0.4, -0.2) is 17.9 Å². The Balaban J connectivity index is 1.64. The molecule has 148 valence electrons. The van der Waals surface area contributed by atoms with E-state index in [9.17, 15) is 9.59 Å². The molecule has 5 nitrogen and oxygen atoms in total. The van der Waals surface area contributed by atoms with Crippen molar-refractivity contribution in [2.24, 2.45) is 0 Å². The highest BCUT2D eigenvalue weighted by Gasteiger charge is 2.18. The predicted octanol–water partition coefficient (Wildman–Crippen LogP) is 4.33. The molecule has 3 aromatic carbocycles. The number of para-hydroxylation sites is 1. The maximum atomic E-state index is 12.6. The van der Waals surface area contributed by atoms with Gasteiger partial charge < -0.3 is 15.4 Å². The Hall–Kier alpha value is -3.60. The maximum absolute atomic E-state index is 12.6. The standard InChI is InChI=1S/C24H24N2O3/c1-17-9-8-12-20(15-17)29-18(2)23(27)26-22-14-7-6-13-21(22)24(28)25-16-19-10-4-3-5-11-19/h3-15,18H,16H2,1-2H3,(H,25,28)(H,26,27)/t18-/m1/s1. The van der Waals surface area contributed by atoms with Crippen molar-refractivity contribution in [2.45, 2.75) is 26.5 Å². The van der Waals surface area contributed by atoms with Crippen molar-refractivity contribution in [1.29, 1.82) is 0 Å². The molecule has 0 saturated carbocycles. The fourth-order valence-electron chi connectivity index (χ4n) is 2.84. The van der Waals surface area contributed by atoms with Gasteiger partial charge in [-0.3, -0.25) is 9.59 Å². The zero-order chi connectivity index (χ0) is 20.6. The van der Waals surface area contributed by atoms with Crippen molar-refractivity contribution in [3.63, 3.8) is 0 Å². The van der Waals surface area contributed by atoms with E-state index in [1.165, 1.54) is 0 Å². The minimum Gasteiger partial charge on any atom is -0.481 e. The summed E-state index contributed by atoms with van der Waals surface area (Å²) in [6.07, 6.45) is -0.711. The van der Waals surface area contributed by atoms with Crippen LogP contribution in [0.5, 0.6) is 5.75 Å². The van der Waals surface area contributed by atoms with Crippen LogP contribution in [0.3, 0.4) is 0 Å². The Morgan fingerprint density at radius 2 is 1.66 bits per heavy atom. The molecule has 0 heterocycles. The average Bonchev–Trinajstić information content (AvgIpc) is 2.73. The molecule has 0 bridgehead atoms. The van der Waals surface area contributed by atoms with Gasteiger partial charge in [-0.1, -0.05) is 54.6 Å². The molecule has 0 aliphatic rings. The number of amides is 2. The van der Waals surface area contributed by atoms with E-state index in [2.05, 4.69) is 10.6 Å². The number of hydrogen-bond acceptors (Lipinski definition) is 3. The normalized spacial score (nSPS) is 11.4. The monoisotopic (exact) mass is 388 g/mol. The number of carbonyl (C=O) groups excluding carboxylic acids is 2. The minimum absolute atomic E-state index is 0.253. The van der Waals surface area contributed by atoms with Crippen molar-refractivity contribution in [1.82, 2.24) is 5.32 Å². The van der Waals surface area contributed by atoms with Crippen molar-refractivity contribution >= 4 is 17.5 Å². The van der Waals surface area contributed by atoms with Crippen LogP contribution < -0.4 is 15.4 Å². The fourth-order valence-corrected chi connectivity index (χ4v) is 2.84. The maximum Gasteiger partial charge on any atom is 0.265 e. The number of hydrogen-bond donors (Lipinski definition) is 2. The van der Waals surface area contributed by atoms with Gasteiger partial charge in [-0.2, -0.15) is 0 Å². The molecule has 0 unspecified atom stereocenters. The molecule has 0 saturated heterocycles. The van der Waals surface area contributed by atoms with Gasteiger partial charge in [-0.05, 0) is 49.2 Å². The lowest BCUT2D eigenvalue weighted by Gasteiger charge is -2.16. The van der Waals surface area contributed by atoms with Crippen LogP contribution in [0.4, 0.5) is 5.69 Å². The molecule has 3 rings (SSSR count). The highest BCUT2D eigenvalue weighted by Crippen LogP contribution is 2.18. The Labute approximate surface area is 170 Å². The molecule has 0 fully saturated rings. The van der Waals surface area contributed by atoms with Gasteiger partial charge in [0.15, 0.2) is 6.10 Å². The molecule has 2 N–H and O–H groups in total. The summed E-state index contributed by atoms with van der Waals surface area (Å²) in [5, 5.41) is 5.68. The van der Waals surface area contributed by atoms with Crippen molar-refractivity contribution < 1.29 is 14.3 Å². The predicted molar refractivity (Wildman–Crippen MR) is 114 cm³/mol. The first-order valence-corrected chi connectivity index (χ1v) is 9.48. The zero-order valence-corrected chi connectivity index (χ0v) is 16.5. The topological polar surface area (TPSA) is 67.4 Å². The van der Waals surface area contributed by atoms with E-state index in [0.717, 1.165) is 11.1 Å². The lowest BCUT2D eigenvalue weighted by molar-refractivity contribution is -0.122. The second kappa shape index (κ2) is 9.55. The first kappa shape index (κ1) is 20.1. The summed E-state index contributed by atoms with van der Waals surface area (Å²) in [4.78, 5) is 25.2. The van der Waals surface area contributed by atoms with Crippen LogP contribution in [-0.2, 0) is 11.3 Å². The summed E-state index contributed by atoms with van der Waals surface area (Å²) in [7, 11) is 0. The summed E-state index contributed by atoms with van der Waals surface area (Å²) in [5.74, 6) is 0.0494. The summed E-state index contributed by atoms with van der Waals surface area (Å²) < 4.78 is 5.72. The van der Waals surface area contributed by atoms with E-state index in [1.54, 1.807) is 31.2 Å². The molecule has 3 aromatic rings. The van der Waals surface area contributed by atoms with Crippen molar-refractivity contribution in [3.8, 4) is 5.75 Å². The number of carbonyl (C=O) groups is 2. The Morgan fingerprint density at radius 1 is 0.931 bits per heavy atom. The molecule has 5 heteroatoms. The third kappa shape index (κ3) is 5.69. The summed E-state index contributed by atoms with van der Waals surface area (Å²) in [5.41, 5.74) is 2.90. The second-order valence-electron chi connectivity index (χ2n) is 6.78. The first-order valence-electron chi connectivity index (χ1n) is 9.48. The molecule has 0 aliphatic heterocycles. The smallest absolute Gasteiger partial charge is 0.265 e. The zero-order valence-electron chi connectivity index (χ0n) is 16.5. The Kier molecular flexibility index (Phi) is 6.63. The van der Waals surface area contributed by atoms with Crippen LogP contribution in [0.1, 0.15) is 28.4 Å². The number of aryl methyl sites for hydroxylation is 1. The Bertz CT molecular complexity index is 986. The fraction of sp³-hybridized carbons (Fsp3) is 0.167. The Morgan fingerprint density at radius 3 is 2.41 bits per heavy atom. The van der Waals surface area contributed by atoms with E-state index < -0.39 is 6.10 Å². The number of nitrogens with one attached hydrogen (secondary N) is 2. The summed E-state index contributed by atoms with van der Waals surface area (Å²) >= 11 is 0. The van der Waals surface area contributed by atoms with E-state index in [-0.39, 0.29) is 11.8 Å². The number of rotatable bonds is 7. The molecule has 0 radical (unpaired) electrons. The van der Waals surface area contributed by atoms with Gasteiger partial charge in [0, 0.05) is 6.54 Å². The molecule has 0 spiro atoms. The number of benzene rings is 3. The third-order valence-corrected chi connectivity index (χ3v) is 4.40. The summed E-state index contributed by atoms with van der Waals surface area (Å²) in [6, 6.07) is 24.1. The van der Waals surface area contributed by atoms with Gasteiger partial charge >= 0.3 is 0 Å². The SMILES string of the molecule is Cc1cccc(O[C@H](C)C(=O)Nc2ccccc2C(=O)NCc2ccccc2)c1. The number of anilines is 1. The average molecular weight is 388 g/mol. The van der Waals surface area contributed by atoms with Crippen LogP contribution in [0.25, 0.3) is 0 Å². The quantitative estimate of drug-likeness (QED) is 0.633. The molecular formula is C24H24N2O3. The molecule has 2 amide bonds. The minimum atomic E-state index is -0.711. The molecule has 29 heavy (non-hydrogen) atoms. The van der Waals surface area contributed by atoms with E-state index in [1.807, 2.05) is 61.5 Å². The first-order chi connectivity index (χ1) is 14.0. The van der Waals surface area contributed by atoms with Crippen LogP contribution in [0.15, 0.2) is 78.9 Å². The molecule has 0 aliphatic carbocycles. The van der Waals surface area contributed by atoms with Gasteiger partial charge in [0.25, 0.3) is 11.8 Å². The molecule has 1 atom stereocenters. The van der Waals surface area contributed by atoms with Gasteiger partial charge in [-0.25, -0.2) is 0 Å². The van der Waals surface area contributed by atoms with Gasteiger partial charge in [0.2, 0.25) is 0 Å². The number of ether oxygens (including phenoxy) is 1.